The second-order valence-corrected chi connectivity index (χ2v) is 3.44. The third kappa shape index (κ3) is 3.46. The third-order valence-electron chi connectivity index (χ3n) is 2.06. The molecule has 0 saturated heterocycles. The highest BCUT2D eigenvalue weighted by Gasteiger charge is 2.16. The number of methoxy groups -OCH3 is 2. The van der Waals surface area contributed by atoms with Gasteiger partial charge in [0.25, 0.3) is 0 Å². The first-order valence-electron chi connectivity index (χ1n) is 4.70. The van der Waals surface area contributed by atoms with Crippen LogP contribution in [0.4, 0.5) is 11.4 Å². The fourth-order valence-corrected chi connectivity index (χ4v) is 1.67. The van der Waals surface area contributed by atoms with E-state index in [1.165, 1.54) is 14.2 Å². The van der Waals surface area contributed by atoms with Crippen LogP contribution in [0.25, 0.3) is 0 Å². The Morgan fingerprint density at radius 3 is 2.41 bits per heavy atom. The van der Waals surface area contributed by atoms with E-state index in [-0.39, 0.29) is 19.0 Å². The summed E-state index contributed by atoms with van der Waals surface area (Å²) in [6.07, 6.45) is 0. The van der Waals surface area contributed by atoms with Gasteiger partial charge in [-0.2, -0.15) is 0 Å². The average Bonchev–Trinajstić information content (AvgIpc) is 2.26. The fourth-order valence-electron chi connectivity index (χ4n) is 1.38. The van der Waals surface area contributed by atoms with Gasteiger partial charge >= 0.3 is 0 Å². The number of anilines is 2. The van der Waals surface area contributed by atoms with Crippen molar-refractivity contribution in [3.63, 3.8) is 0 Å². The minimum Gasteiger partial charge on any atom is -0.493 e. The molecule has 0 aliphatic rings. The summed E-state index contributed by atoms with van der Waals surface area (Å²) >= 11 is 5.98. The Morgan fingerprint density at radius 2 is 1.94 bits per heavy atom. The highest BCUT2D eigenvalue weighted by atomic mass is 35.5. The van der Waals surface area contributed by atoms with Crippen molar-refractivity contribution in [2.24, 2.45) is 0 Å². The topological polar surface area (TPSA) is 76.7 Å². The molecule has 1 aromatic carbocycles. The summed E-state index contributed by atoms with van der Waals surface area (Å²) in [6, 6.07) is 1.64. The maximum absolute atomic E-state index is 8.74. The largest absolute Gasteiger partial charge is 0.493 e. The van der Waals surface area contributed by atoms with Crippen molar-refractivity contribution in [3.8, 4) is 11.5 Å². The van der Waals surface area contributed by atoms with Crippen LogP contribution in [0.1, 0.15) is 0 Å². The van der Waals surface area contributed by atoms with Crippen molar-refractivity contribution in [3.05, 3.63) is 11.1 Å². The summed E-state index contributed by atoms with van der Waals surface area (Å²) in [5, 5.41) is 12.1. The molecule has 0 aromatic heterocycles. The van der Waals surface area contributed by atoms with E-state index in [2.05, 4.69) is 5.32 Å². The highest BCUT2D eigenvalue weighted by Crippen LogP contribution is 2.43. The van der Waals surface area contributed by atoms with E-state index in [1.807, 2.05) is 0 Å². The molecular formula is C10H16Cl2N2O3. The Labute approximate surface area is 111 Å². The Bertz CT molecular complexity index is 375. The number of rotatable bonds is 5. The molecule has 0 spiro atoms. The minimum absolute atomic E-state index is 0. The van der Waals surface area contributed by atoms with Crippen LogP contribution in [-0.4, -0.2) is 32.5 Å². The molecule has 0 atom stereocenters. The van der Waals surface area contributed by atoms with Crippen LogP contribution in [0, 0.1) is 0 Å². The van der Waals surface area contributed by atoms with E-state index < -0.39 is 0 Å². The van der Waals surface area contributed by atoms with Gasteiger partial charge in [0.2, 0.25) is 0 Å². The molecular weight excluding hydrogens is 267 g/mol. The van der Waals surface area contributed by atoms with Crippen LogP contribution in [0.5, 0.6) is 11.5 Å². The first kappa shape index (κ1) is 16.0. The van der Waals surface area contributed by atoms with Crippen molar-refractivity contribution in [1.82, 2.24) is 0 Å². The van der Waals surface area contributed by atoms with E-state index in [9.17, 15) is 0 Å². The van der Waals surface area contributed by atoms with E-state index in [1.54, 1.807) is 6.07 Å². The number of hydrogen-bond acceptors (Lipinski definition) is 5. The lowest BCUT2D eigenvalue weighted by Crippen LogP contribution is -2.08. The lowest BCUT2D eigenvalue weighted by molar-refractivity contribution is 0.311. The van der Waals surface area contributed by atoms with Gasteiger partial charge in [0, 0.05) is 6.54 Å². The normalized spacial score (nSPS) is 9.41. The van der Waals surface area contributed by atoms with Gasteiger partial charge in [-0.1, -0.05) is 11.6 Å². The van der Waals surface area contributed by atoms with Crippen LogP contribution in [0.2, 0.25) is 5.02 Å². The van der Waals surface area contributed by atoms with Crippen LogP contribution >= 0.6 is 24.0 Å². The molecule has 0 fully saturated rings. The Kier molecular flexibility index (Phi) is 6.87. The molecule has 1 aromatic rings. The number of aliphatic hydroxyl groups excluding tert-OH is 1. The molecule has 5 nitrogen and oxygen atoms in total. The predicted octanol–water partition coefficient (Wildman–Crippen LogP) is 1.77. The van der Waals surface area contributed by atoms with Gasteiger partial charge in [-0.25, -0.2) is 0 Å². The minimum atomic E-state index is 0. The second-order valence-electron chi connectivity index (χ2n) is 3.04. The summed E-state index contributed by atoms with van der Waals surface area (Å²) in [6.45, 7) is 0.394. The zero-order valence-corrected chi connectivity index (χ0v) is 11.2. The molecule has 4 N–H and O–H groups in total. The Balaban J connectivity index is 0.00000256. The van der Waals surface area contributed by atoms with Crippen LogP contribution < -0.4 is 20.5 Å². The van der Waals surface area contributed by atoms with Gasteiger partial charge in [0.15, 0.2) is 11.5 Å². The Morgan fingerprint density at radius 1 is 1.35 bits per heavy atom. The standard InChI is InChI=1S/C10H15ClN2O3.ClH/c1-15-9-6(11)5-7(13-3-4-14)10(16-2)8(9)12;/h5,13-14H,3-4,12H2,1-2H3;1H. The lowest BCUT2D eigenvalue weighted by Gasteiger charge is -2.16. The maximum atomic E-state index is 8.74. The maximum Gasteiger partial charge on any atom is 0.168 e. The molecule has 0 amide bonds. The smallest absolute Gasteiger partial charge is 0.168 e. The van der Waals surface area contributed by atoms with E-state index in [0.29, 0.717) is 34.4 Å². The monoisotopic (exact) mass is 282 g/mol. The zero-order valence-electron chi connectivity index (χ0n) is 9.62. The molecule has 7 heteroatoms. The van der Waals surface area contributed by atoms with Crippen LogP contribution in [-0.2, 0) is 0 Å². The van der Waals surface area contributed by atoms with Gasteiger partial charge in [0.05, 0.1) is 31.5 Å². The van der Waals surface area contributed by atoms with Crippen molar-refractivity contribution >= 4 is 35.4 Å². The van der Waals surface area contributed by atoms with Crippen molar-refractivity contribution < 1.29 is 14.6 Å². The van der Waals surface area contributed by atoms with Crippen LogP contribution in [0.3, 0.4) is 0 Å². The van der Waals surface area contributed by atoms with Crippen LogP contribution in [0.15, 0.2) is 6.07 Å². The highest BCUT2D eigenvalue weighted by molar-refractivity contribution is 6.33. The molecule has 17 heavy (non-hydrogen) atoms. The summed E-state index contributed by atoms with van der Waals surface area (Å²) in [5.41, 5.74) is 6.80. The SMILES string of the molecule is COc1c(Cl)cc(NCCO)c(OC)c1N.Cl. The first-order valence-corrected chi connectivity index (χ1v) is 5.08. The van der Waals surface area contributed by atoms with E-state index in [4.69, 9.17) is 31.9 Å². The molecule has 0 aliphatic heterocycles. The Hall–Kier alpha value is -1.04. The zero-order chi connectivity index (χ0) is 12.1. The number of nitrogens with two attached hydrogens (primary N) is 1. The quantitative estimate of drug-likeness (QED) is 0.718. The van der Waals surface area contributed by atoms with Gasteiger partial charge in [-0.15, -0.1) is 12.4 Å². The summed E-state index contributed by atoms with van der Waals surface area (Å²) in [4.78, 5) is 0. The van der Waals surface area contributed by atoms with Gasteiger partial charge in [-0.3, -0.25) is 0 Å². The summed E-state index contributed by atoms with van der Waals surface area (Å²) in [5.74, 6) is 0.836. The molecule has 0 radical (unpaired) electrons. The number of halogens is 2. The van der Waals surface area contributed by atoms with E-state index in [0.717, 1.165) is 0 Å². The third-order valence-corrected chi connectivity index (χ3v) is 2.34. The number of benzene rings is 1. The molecule has 0 unspecified atom stereocenters. The number of nitrogens with one attached hydrogen (secondary N) is 1. The van der Waals surface area contributed by atoms with Crippen molar-refractivity contribution in [2.45, 2.75) is 0 Å². The summed E-state index contributed by atoms with van der Waals surface area (Å²) in [7, 11) is 2.99. The molecule has 0 heterocycles. The molecule has 0 bridgehead atoms. The number of aliphatic hydroxyl groups is 1. The average molecular weight is 283 g/mol. The fraction of sp³-hybridized carbons (Fsp3) is 0.400. The summed E-state index contributed by atoms with van der Waals surface area (Å²) < 4.78 is 10.2. The first-order chi connectivity index (χ1) is 7.65. The van der Waals surface area contributed by atoms with Gasteiger partial charge in [-0.05, 0) is 6.07 Å². The van der Waals surface area contributed by atoms with Gasteiger partial charge in [0.1, 0.15) is 5.69 Å². The predicted molar refractivity (Wildman–Crippen MR) is 71.8 cm³/mol. The number of hydrogen-bond donors (Lipinski definition) is 3. The molecule has 98 valence electrons. The van der Waals surface area contributed by atoms with Crippen molar-refractivity contribution in [2.75, 3.05) is 38.4 Å². The van der Waals surface area contributed by atoms with Crippen molar-refractivity contribution in [1.29, 1.82) is 0 Å². The molecule has 1 rings (SSSR count). The van der Waals surface area contributed by atoms with Gasteiger partial charge < -0.3 is 25.6 Å². The molecule has 0 aliphatic carbocycles. The number of ether oxygens (including phenoxy) is 2. The number of nitrogen functional groups attached to an aromatic ring is 1. The van der Waals surface area contributed by atoms with E-state index >= 15 is 0 Å². The second kappa shape index (κ2) is 7.32. The molecule has 0 saturated carbocycles. The lowest BCUT2D eigenvalue weighted by atomic mass is 10.2.